The first-order valence-electron chi connectivity index (χ1n) is 5.89. The molecule has 1 rings (SSSR count). The molecular weight excluding hydrogens is 284 g/mol. The second kappa shape index (κ2) is 7.55. The Bertz CT molecular complexity index is 203. The van der Waals surface area contributed by atoms with E-state index in [9.17, 15) is 0 Å². The third-order valence-corrected chi connectivity index (χ3v) is 6.06. The molecular formula is C13H22Te. The van der Waals surface area contributed by atoms with Gasteiger partial charge in [0.1, 0.15) is 0 Å². The van der Waals surface area contributed by atoms with Crippen molar-refractivity contribution in [2.75, 3.05) is 0 Å². The summed E-state index contributed by atoms with van der Waals surface area (Å²) in [5.74, 6) is 0. The number of unbranched alkanes of at least 4 members (excludes halogenated alkanes) is 2. The molecule has 0 amide bonds. The monoisotopic (exact) mass is 308 g/mol. The minimum atomic E-state index is 0.155. The Morgan fingerprint density at radius 3 is 2.71 bits per heavy atom. The van der Waals surface area contributed by atoms with Gasteiger partial charge in [-0.15, -0.1) is 0 Å². The molecule has 0 nitrogen and oxygen atoms in total. The van der Waals surface area contributed by atoms with Crippen molar-refractivity contribution in [2.45, 2.75) is 56.3 Å². The average molecular weight is 306 g/mol. The van der Waals surface area contributed by atoms with E-state index in [-0.39, 0.29) is 20.9 Å². The Hall–Kier alpha value is 0.270. The van der Waals surface area contributed by atoms with Gasteiger partial charge < -0.3 is 0 Å². The Balaban J connectivity index is 2.40. The topological polar surface area (TPSA) is 0 Å². The molecule has 0 bridgehead atoms. The number of hydrogen-bond donors (Lipinski definition) is 0. The summed E-state index contributed by atoms with van der Waals surface area (Å²) in [6, 6.07) is 0. The van der Waals surface area contributed by atoms with Crippen LogP contribution in [0.15, 0.2) is 21.8 Å². The number of allylic oxidation sites excluding steroid dienone is 3. The van der Waals surface area contributed by atoms with Crippen molar-refractivity contribution in [1.29, 1.82) is 0 Å². The van der Waals surface area contributed by atoms with Crippen LogP contribution in [-0.2, 0) is 0 Å². The normalized spacial score (nSPS) is 21.0. The fourth-order valence-electron chi connectivity index (χ4n) is 1.77. The minimum absolute atomic E-state index is 0.155. The van der Waals surface area contributed by atoms with Crippen LogP contribution in [0.1, 0.15) is 52.4 Å². The molecule has 1 heterocycles. The molecule has 0 spiro atoms. The Morgan fingerprint density at radius 2 is 2.00 bits per heavy atom. The molecule has 14 heavy (non-hydrogen) atoms. The molecule has 1 heteroatoms. The molecule has 0 saturated heterocycles. The molecule has 0 aromatic rings. The second-order valence-corrected chi connectivity index (χ2v) is 7.12. The predicted octanol–water partition coefficient (Wildman–Crippen LogP) is 4.31. The van der Waals surface area contributed by atoms with Crippen molar-refractivity contribution in [2.24, 2.45) is 0 Å². The summed E-state index contributed by atoms with van der Waals surface area (Å²) < 4.78 is 3.46. The molecule has 0 saturated carbocycles. The van der Waals surface area contributed by atoms with E-state index in [4.69, 9.17) is 0 Å². The van der Waals surface area contributed by atoms with Crippen LogP contribution < -0.4 is 0 Å². The van der Waals surface area contributed by atoms with Crippen molar-refractivity contribution in [3.05, 3.63) is 21.8 Å². The van der Waals surface area contributed by atoms with Gasteiger partial charge in [0, 0.05) is 0 Å². The Morgan fingerprint density at radius 1 is 1.21 bits per heavy atom. The zero-order valence-electron chi connectivity index (χ0n) is 9.46. The van der Waals surface area contributed by atoms with Crippen LogP contribution >= 0.6 is 0 Å². The maximum absolute atomic E-state index is 2.46. The van der Waals surface area contributed by atoms with E-state index >= 15 is 0 Å². The van der Waals surface area contributed by atoms with E-state index in [0.717, 1.165) is 3.97 Å². The van der Waals surface area contributed by atoms with Gasteiger partial charge in [-0.1, -0.05) is 0 Å². The first-order valence-corrected chi connectivity index (χ1v) is 8.58. The van der Waals surface area contributed by atoms with Crippen LogP contribution in [-0.4, -0.2) is 20.9 Å². The number of rotatable bonds is 6. The summed E-state index contributed by atoms with van der Waals surface area (Å²) in [7, 11) is 0. The van der Waals surface area contributed by atoms with E-state index in [1.54, 1.807) is 5.57 Å². The van der Waals surface area contributed by atoms with E-state index < -0.39 is 0 Å². The van der Waals surface area contributed by atoms with Gasteiger partial charge >= 0.3 is 99.1 Å². The molecule has 0 aliphatic carbocycles. The van der Waals surface area contributed by atoms with Crippen LogP contribution in [0.5, 0.6) is 0 Å². The van der Waals surface area contributed by atoms with Crippen molar-refractivity contribution in [1.82, 2.24) is 0 Å². The molecule has 0 aromatic heterocycles. The summed E-state index contributed by atoms with van der Waals surface area (Å²) in [5, 5.41) is 0. The van der Waals surface area contributed by atoms with Gasteiger partial charge in [-0.3, -0.25) is 0 Å². The molecule has 1 aliphatic heterocycles. The molecule has 1 aliphatic rings. The van der Waals surface area contributed by atoms with Crippen molar-refractivity contribution in [3.63, 3.8) is 0 Å². The van der Waals surface area contributed by atoms with E-state index in [0.29, 0.717) is 0 Å². The van der Waals surface area contributed by atoms with Crippen LogP contribution in [0.25, 0.3) is 0 Å². The molecule has 0 N–H and O–H groups in total. The number of hydrogen-bond acceptors (Lipinski definition) is 0. The zero-order chi connectivity index (χ0) is 10.2. The average Bonchev–Trinajstić information content (AvgIpc) is 2.24. The van der Waals surface area contributed by atoms with Gasteiger partial charge in [0.25, 0.3) is 0 Å². The standard InChI is InChI=1S/C13H22Te/c1-3-5-8-12-9-7-11-14-13(12)10-6-4-2/h7,9,11,13H,3-6,8,10H2,1-2H3. The van der Waals surface area contributed by atoms with Crippen LogP contribution in [0.4, 0.5) is 0 Å². The van der Waals surface area contributed by atoms with E-state index in [1.807, 2.05) is 0 Å². The molecule has 0 fully saturated rings. The van der Waals surface area contributed by atoms with E-state index in [1.165, 1.54) is 38.5 Å². The Labute approximate surface area is 98.9 Å². The van der Waals surface area contributed by atoms with Gasteiger partial charge in [-0.2, -0.15) is 0 Å². The fourth-order valence-corrected chi connectivity index (χ4v) is 4.71. The Kier molecular flexibility index (Phi) is 6.65. The van der Waals surface area contributed by atoms with Crippen molar-refractivity contribution >= 4 is 20.9 Å². The summed E-state index contributed by atoms with van der Waals surface area (Å²) in [5.41, 5.74) is 1.77. The molecule has 1 unspecified atom stereocenters. The second-order valence-electron chi connectivity index (χ2n) is 3.94. The van der Waals surface area contributed by atoms with Crippen LogP contribution in [0.2, 0.25) is 3.97 Å². The summed E-state index contributed by atoms with van der Waals surface area (Å²) >= 11 is 0.155. The predicted molar refractivity (Wildman–Crippen MR) is 65.8 cm³/mol. The molecule has 0 aromatic carbocycles. The first kappa shape index (κ1) is 12.3. The summed E-state index contributed by atoms with van der Waals surface area (Å²) in [6.45, 7) is 4.59. The van der Waals surface area contributed by atoms with Crippen LogP contribution in [0.3, 0.4) is 0 Å². The summed E-state index contributed by atoms with van der Waals surface area (Å²) in [6.07, 6.45) is 13.0. The maximum atomic E-state index is 2.46. The molecule has 80 valence electrons. The fraction of sp³-hybridized carbons (Fsp3) is 0.692. The molecule has 0 radical (unpaired) electrons. The van der Waals surface area contributed by atoms with Crippen molar-refractivity contribution < 1.29 is 0 Å². The van der Waals surface area contributed by atoms with Gasteiger partial charge in [-0.05, 0) is 0 Å². The van der Waals surface area contributed by atoms with Gasteiger partial charge in [0.15, 0.2) is 0 Å². The third-order valence-electron chi connectivity index (χ3n) is 2.68. The van der Waals surface area contributed by atoms with E-state index in [2.05, 4.69) is 30.1 Å². The first-order chi connectivity index (χ1) is 6.88. The quantitative estimate of drug-likeness (QED) is 0.641. The summed E-state index contributed by atoms with van der Waals surface area (Å²) in [4.78, 5) is 0. The molecule has 1 atom stereocenters. The third kappa shape index (κ3) is 4.20. The van der Waals surface area contributed by atoms with Crippen molar-refractivity contribution in [3.8, 4) is 0 Å². The van der Waals surface area contributed by atoms with Gasteiger partial charge in [0.05, 0.1) is 0 Å². The zero-order valence-corrected chi connectivity index (χ0v) is 11.8. The van der Waals surface area contributed by atoms with Gasteiger partial charge in [-0.25, -0.2) is 0 Å². The van der Waals surface area contributed by atoms with Crippen LogP contribution in [0, 0.1) is 0 Å². The van der Waals surface area contributed by atoms with Gasteiger partial charge in [0.2, 0.25) is 0 Å². The SMILES string of the molecule is CCCCC1=CC=C[Te]C1CCCC.